The molecule has 0 aliphatic carbocycles. The fourth-order valence-corrected chi connectivity index (χ4v) is 2.16. The highest BCUT2D eigenvalue weighted by Crippen LogP contribution is 2.01. The van der Waals surface area contributed by atoms with Crippen LogP contribution in [-0.4, -0.2) is 68.0 Å². The van der Waals surface area contributed by atoms with Gasteiger partial charge < -0.3 is 10.2 Å². The van der Waals surface area contributed by atoms with E-state index in [4.69, 9.17) is 0 Å². The fourth-order valence-electron chi connectivity index (χ4n) is 2.16. The molecule has 4 heteroatoms. The minimum absolute atomic E-state index is 1.01. The average Bonchev–Trinajstić information content (AvgIpc) is 2.31. The van der Waals surface area contributed by atoms with Crippen molar-refractivity contribution in [2.75, 3.05) is 52.4 Å². The Morgan fingerprint density at radius 3 is 2.53 bits per heavy atom. The van der Waals surface area contributed by atoms with Crippen molar-refractivity contribution in [1.29, 1.82) is 0 Å². The van der Waals surface area contributed by atoms with E-state index in [1.807, 2.05) is 0 Å². The van der Waals surface area contributed by atoms with Crippen LogP contribution in [-0.2, 0) is 0 Å². The highest BCUT2D eigenvalue weighted by atomic mass is 15.3. The molecular weight excluding hydrogens is 188 g/mol. The SMILES string of the molecule is CCN1CCN(CC2=NCCCN2)CC1. The van der Waals surface area contributed by atoms with Crippen molar-refractivity contribution in [1.82, 2.24) is 15.1 Å². The van der Waals surface area contributed by atoms with Gasteiger partial charge in [-0.1, -0.05) is 6.92 Å². The van der Waals surface area contributed by atoms with E-state index in [9.17, 15) is 0 Å². The van der Waals surface area contributed by atoms with Crippen molar-refractivity contribution in [3.8, 4) is 0 Å². The van der Waals surface area contributed by atoms with Gasteiger partial charge in [0.2, 0.25) is 0 Å². The van der Waals surface area contributed by atoms with Crippen LogP contribution in [0.15, 0.2) is 4.99 Å². The van der Waals surface area contributed by atoms with E-state index >= 15 is 0 Å². The molecule has 0 unspecified atom stereocenters. The monoisotopic (exact) mass is 210 g/mol. The first kappa shape index (κ1) is 10.9. The Morgan fingerprint density at radius 1 is 1.20 bits per heavy atom. The molecule has 0 radical (unpaired) electrons. The third kappa shape index (κ3) is 3.18. The predicted octanol–water partition coefficient (Wildman–Crippen LogP) is 0.0157. The molecule has 0 aromatic heterocycles. The van der Waals surface area contributed by atoms with Crippen LogP contribution >= 0.6 is 0 Å². The van der Waals surface area contributed by atoms with Crippen molar-refractivity contribution in [2.24, 2.45) is 4.99 Å². The molecule has 0 atom stereocenters. The second-order valence-corrected chi connectivity index (χ2v) is 4.32. The van der Waals surface area contributed by atoms with Crippen molar-refractivity contribution >= 4 is 5.84 Å². The fraction of sp³-hybridized carbons (Fsp3) is 0.909. The van der Waals surface area contributed by atoms with Gasteiger partial charge >= 0.3 is 0 Å². The third-order valence-corrected chi connectivity index (χ3v) is 3.25. The summed E-state index contributed by atoms with van der Waals surface area (Å²) in [4.78, 5) is 9.52. The van der Waals surface area contributed by atoms with Crippen LogP contribution < -0.4 is 5.32 Å². The summed E-state index contributed by atoms with van der Waals surface area (Å²) in [5.41, 5.74) is 0. The molecule has 15 heavy (non-hydrogen) atoms. The van der Waals surface area contributed by atoms with Crippen molar-refractivity contribution in [2.45, 2.75) is 13.3 Å². The van der Waals surface area contributed by atoms with Gasteiger partial charge in [-0.15, -0.1) is 0 Å². The maximum absolute atomic E-state index is 4.51. The van der Waals surface area contributed by atoms with Gasteiger partial charge in [0, 0.05) is 39.3 Å². The molecule has 2 heterocycles. The van der Waals surface area contributed by atoms with Gasteiger partial charge in [0.05, 0.1) is 6.54 Å². The zero-order valence-corrected chi connectivity index (χ0v) is 9.71. The Kier molecular flexibility index (Phi) is 3.97. The van der Waals surface area contributed by atoms with Gasteiger partial charge in [-0.2, -0.15) is 0 Å². The molecular formula is C11H22N4. The molecule has 2 aliphatic rings. The molecule has 4 nitrogen and oxygen atoms in total. The quantitative estimate of drug-likeness (QED) is 0.712. The van der Waals surface area contributed by atoms with Crippen molar-refractivity contribution in [3.63, 3.8) is 0 Å². The second kappa shape index (κ2) is 5.47. The van der Waals surface area contributed by atoms with E-state index in [2.05, 4.69) is 27.0 Å². The van der Waals surface area contributed by atoms with Gasteiger partial charge in [-0.3, -0.25) is 9.89 Å². The molecule has 2 rings (SSSR count). The number of aliphatic imine (C=N–C) groups is 1. The van der Waals surface area contributed by atoms with Gasteiger partial charge in [0.1, 0.15) is 5.84 Å². The van der Waals surface area contributed by atoms with Crippen LogP contribution in [0.25, 0.3) is 0 Å². The number of likely N-dealkylation sites (N-methyl/N-ethyl adjacent to an activating group) is 1. The van der Waals surface area contributed by atoms with Crippen LogP contribution in [0, 0.1) is 0 Å². The number of nitrogens with zero attached hydrogens (tertiary/aromatic N) is 3. The smallest absolute Gasteiger partial charge is 0.111 e. The number of hydrogen-bond acceptors (Lipinski definition) is 4. The Labute approximate surface area is 92.3 Å². The normalized spacial score (nSPS) is 24.7. The highest BCUT2D eigenvalue weighted by Gasteiger charge is 2.17. The van der Waals surface area contributed by atoms with Gasteiger partial charge in [-0.05, 0) is 13.0 Å². The predicted molar refractivity (Wildman–Crippen MR) is 63.5 cm³/mol. The van der Waals surface area contributed by atoms with Crippen LogP contribution in [0.4, 0.5) is 0 Å². The van der Waals surface area contributed by atoms with Crippen LogP contribution in [0.5, 0.6) is 0 Å². The van der Waals surface area contributed by atoms with E-state index in [0.717, 1.165) is 19.6 Å². The van der Waals surface area contributed by atoms with Crippen LogP contribution in [0.1, 0.15) is 13.3 Å². The summed E-state index contributed by atoms with van der Waals surface area (Å²) in [6.07, 6.45) is 1.19. The molecule has 0 spiro atoms. The zero-order chi connectivity index (χ0) is 10.5. The maximum atomic E-state index is 4.51. The van der Waals surface area contributed by atoms with E-state index in [-0.39, 0.29) is 0 Å². The van der Waals surface area contributed by atoms with Crippen LogP contribution in [0.2, 0.25) is 0 Å². The lowest BCUT2D eigenvalue weighted by Gasteiger charge is -2.34. The van der Waals surface area contributed by atoms with E-state index in [0.29, 0.717) is 0 Å². The molecule has 2 aliphatic heterocycles. The zero-order valence-electron chi connectivity index (χ0n) is 9.71. The van der Waals surface area contributed by atoms with E-state index in [1.165, 1.54) is 45.0 Å². The topological polar surface area (TPSA) is 30.9 Å². The van der Waals surface area contributed by atoms with Crippen LogP contribution in [0.3, 0.4) is 0 Å². The Bertz CT molecular complexity index is 219. The molecule has 0 amide bonds. The number of hydrogen-bond donors (Lipinski definition) is 1. The highest BCUT2D eigenvalue weighted by molar-refractivity contribution is 5.84. The first-order chi connectivity index (χ1) is 7.38. The number of nitrogens with one attached hydrogen (secondary N) is 1. The Hall–Kier alpha value is -0.610. The summed E-state index contributed by atoms with van der Waals surface area (Å²) in [5.74, 6) is 1.20. The maximum Gasteiger partial charge on any atom is 0.111 e. The number of rotatable bonds is 3. The average molecular weight is 210 g/mol. The summed E-state index contributed by atoms with van der Waals surface area (Å²) in [6, 6.07) is 0. The standard InChI is InChI=1S/C11H22N4/c1-2-14-6-8-15(9-7-14)10-11-12-4-3-5-13-11/h2-10H2,1H3,(H,12,13). The molecule has 86 valence electrons. The minimum atomic E-state index is 1.01. The third-order valence-electron chi connectivity index (χ3n) is 3.25. The Balaban J connectivity index is 1.74. The van der Waals surface area contributed by atoms with E-state index < -0.39 is 0 Å². The Morgan fingerprint density at radius 2 is 1.93 bits per heavy atom. The lowest BCUT2D eigenvalue weighted by atomic mass is 10.3. The molecule has 1 fully saturated rings. The molecule has 0 aromatic rings. The molecule has 0 bridgehead atoms. The summed E-state index contributed by atoms with van der Waals surface area (Å²) in [5, 5.41) is 3.39. The summed E-state index contributed by atoms with van der Waals surface area (Å²) in [7, 11) is 0. The molecule has 0 saturated carbocycles. The summed E-state index contributed by atoms with van der Waals surface area (Å²) < 4.78 is 0. The number of piperazine rings is 1. The van der Waals surface area contributed by atoms with E-state index in [1.54, 1.807) is 0 Å². The second-order valence-electron chi connectivity index (χ2n) is 4.32. The lowest BCUT2D eigenvalue weighted by molar-refractivity contribution is 0.150. The minimum Gasteiger partial charge on any atom is -0.373 e. The first-order valence-electron chi connectivity index (χ1n) is 6.10. The van der Waals surface area contributed by atoms with Crippen molar-refractivity contribution in [3.05, 3.63) is 0 Å². The van der Waals surface area contributed by atoms with Gasteiger partial charge in [0.15, 0.2) is 0 Å². The lowest BCUT2D eigenvalue weighted by Crippen LogP contribution is -2.49. The summed E-state index contributed by atoms with van der Waals surface area (Å²) >= 11 is 0. The molecule has 1 saturated heterocycles. The van der Waals surface area contributed by atoms with Crippen molar-refractivity contribution < 1.29 is 0 Å². The molecule has 1 N–H and O–H groups in total. The molecule has 0 aromatic carbocycles. The van der Waals surface area contributed by atoms with Gasteiger partial charge in [-0.25, -0.2) is 0 Å². The largest absolute Gasteiger partial charge is 0.373 e. The van der Waals surface area contributed by atoms with Gasteiger partial charge in [0.25, 0.3) is 0 Å². The number of amidine groups is 1. The summed E-state index contributed by atoms with van der Waals surface area (Å²) in [6.45, 7) is 11.4. The first-order valence-corrected chi connectivity index (χ1v) is 6.10.